The monoisotopic (exact) mass is 582 g/mol. The van der Waals surface area contributed by atoms with Gasteiger partial charge in [-0.05, 0) is 71.6 Å². The molecule has 12 heteroatoms. The van der Waals surface area contributed by atoms with Crippen LogP contribution in [-0.4, -0.2) is 50.1 Å². The highest BCUT2D eigenvalue weighted by Gasteiger charge is 2.39. The molecule has 228 valence electrons. The van der Waals surface area contributed by atoms with Crippen molar-refractivity contribution in [1.82, 2.24) is 13.7 Å². The summed E-state index contributed by atoms with van der Waals surface area (Å²) in [6.45, 7) is 5.43. The van der Waals surface area contributed by atoms with E-state index in [0.29, 0.717) is 38.5 Å². The molecule has 0 aromatic carbocycles. The number of carbonyl (C=O) groups excluding carboxylic acids is 3. The zero-order valence-corrected chi connectivity index (χ0v) is 24.8. The molecule has 0 spiro atoms. The van der Waals surface area contributed by atoms with Crippen LogP contribution in [0.15, 0.2) is 29.4 Å². The van der Waals surface area contributed by atoms with E-state index in [0.717, 1.165) is 38.5 Å². The molecule has 12 nitrogen and oxygen atoms in total. The third kappa shape index (κ3) is 6.31. The molecule has 4 rings (SSSR count). The molecule has 1 heterocycles. The van der Waals surface area contributed by atoms with Crippen LogP contribution >= 0.6 is 0 Å². The van der Waals surface area contributed by atoms with Crippen LogP contribution in [0.3, 0.4) is 0 Å². The average Bonchev–Trinajstić information content (AvgIpc) is 2.98. The van der Waals surface area contributed by atoms with Crippen molar-refractivity contribution >= 4 is 18.2 Å². The summed E-state index contributed by atoms with van der Waals surface area (Å²) < 4.78 is 3.79. The summed E-state index contributed by atoms with van der Waals surface area (Å²) in [5, 5.41) is 0. The first kappa shape index (κ1) is 31.5. The Labute approximate surface area is 244 Å². The Morgan fingerprint density at radius 3 is 1.48 bits per heavy atom. The lowest BCUT2D eigenvalue weighted by molar-refractivity contribution is 0.155. The van der Waals surface area contributed by atoms with E-state index in [1.54, 1.807) is 32.1 Å². The summed E-state index contributed by atoms with van der Waals surface area (Å²) in [6.07, 6.45) is 13.3. The number of aromatic nitrogens is 3. The molecule has 9 atom stereocenters. The van der Waals surface area contributed by atoms with Crippen LogP contribution in [0.1, 0.15) is 116 Å². The predicted molar refractivity (Wildman–Crippen MR) is 155 cm³/mol. The van der Waals surface area contributed by atoms with Gasteiger partial charge in [0.25, 0.3) is 0 Å². The van der Waals surface area contributed by atoms with E-state index >= 15 is 0 Å². The number of hydrogen-bond donors (Lipinski definition) is 0. The van der Waals surface area contributed by atoms with Crippen molar-refractivity contribution in [3.63, 3.8) is 0 Å². The topological polar surface area (TPSA) is 154 Å². The van der Waals surface area contributed by atoms with Crippen LogP contribution in [0.5, 0.6) is 0 Å². The Kier molecular flexibility index (Phi) is 10.6. The molecule has 3 fully saturated rings. The predicted octanol–water partition coefficient (Wildman–Crippen LogP) is 3.54. The maximum Gasteiger partial charge on any atom is 0.336 e. The maximum atomic E-state index is 14.4. The molecule has 0 radical (unpaired) electrons. The lowest BCUT2D eigenvalue weighted by Gasteiger charge is -2.38. The molecule has 3 aliphatic rings. The van der Waals surface area contributed by atoms with Gasteiger partial charge in [-0.25, -0.2) is 57.4 Å². The fraction of sp³-hybridized carbons (Fsp3) is 0.800. The zero-order valence-electron chi connectivity index (χ0n) is 24.8. The largest absolute Gasteiger partial charge is 0.336 e. The molecule has 3 aliphatic carbocycles. The fourth-order valence-electron chi connectivity index (χ4n) is 7.94. The van der Waals surface area contributed by atoms with E-state index in [1.165, 1.54) is 13.7 Å². The lowest BCUT2D eigenvalue weighted by atomic mass is 9.79. The van der Waals surface area contributed by atoms with Crippen LogP contribution in [0.25, 0.3) is 0 Å². The highest BCUT2D eigenvalue weighted by molar-refractivity contribution is 5.34. The van der Waals surface area contributed by atoms with Crippen molar-refractivity contribution in [1.29, 1.82) is 0 Å². The number of aliphatic imine (C=N–C) groups is 3. The maximum absolute atomic E-state index is 14.4. The van der Waals surface area contributed by atoms with Crippen molar-refractivity contribution in [3.05, 3.63) is 31.5 Å². The second-order valence-electron chi connectivity index (χ2n) is 12.5. The molecule has 0 aliphatic heterocycles. The van der Waals surface area contributed by atoms with E-state index in [2.05, 4.69) is 15.0 Å². The van der Waals surface area contributed by atoms with Gasteiger partial charge in [-0.1, -0.05) is 32.1 Å². The van der Waals surface area contributed by atoms with E-state index in [9.17, 15) is 28.8 Å². The molecular weight excluding hydrogens is 540 g/mol. The van der Waals surface area contributed by atoms with Gasteiger partial charge in [-0.15, -0.1) is 0 Å². The third-order valence-electron chi connectivity index (χ3n) is 10.2. The van der Waals surface area contributed by atoms with Crippen LogP contribution in [-0.2, 0) is 14.4 Å². The van der Waals surface area contributed by atoms with E-state index < -0.39 is 47.3 Å². The SMILES string of the molecule is CC(N=C=O)C1CCCC(n2c(=O)n(C3CCCCC3C(C)N=C=O)c(=O)n(C3CCCCC3C(C)N=C=O)c2=O)C1. The van der Waals surface area contributed by atoms with Gasteiger partial charge in [0.1, 0.15) is 0 Å². The molecule has 0 bridgehead atoms. The Morgan fingerprint density at radius 1 is 0.571 bits per heavy atom. The second kappa shape index (κ2) is 14.1. The Balaban J connectivity index is 1.95. The lowest BCUT2D eigenvalue weighted by Crippen LogP contribution is -2.60. The van der Waals surface area contributed by atoms with Crippen molar-refractivity contribution in [3.8, 4) is 0 Å². The number of isocyanates is 3. The minimum Gasteiger partial charge on any atom is -0.247 e. The van der Waals surface area contributed by atoms with Gasteiger partial charge in [0, 0.05) is 30.0 Å². The quantitative estimate of drug-likeness (QED) is 0.320. The average molecular weight is 583 g/mol. The molecule has 0 saturated heterocycles. The Bertz CT molecular complexity index is 1360. The van der Waals surface area contributed by atoms with Crippen LogP contribution in [0.4, 0.5) is 0 Å². The Hall–Kier alpha value is -3.45. The number of nitrogens with zero attached hydrogens (tertiary/aromatic N) is 6. The van der Waals surface area contributed by atoms with Gasteiger partial charge in [-0.2, -0.15) is 0 Å². The first-order valence-corrected chi connectivity index (χ1v) is 15.5. The Morgan fingerprint density at radius 2 is 1.00 bits per heavy atom. The highest BCUT2D eigenvalue weighted by atomic mass is 16.2. The fourth-order valence-corrected chi connectivity index (χ4v) is 7.94. The standard InChI is InChI=1S/C30H42N6O6/c1-19(31-16-37)22-9-8-10-23(15-22)34-28(40)35(26-13-6-4-11-24(26)20(2)32-17-38)30(42)36(29(34)41)27-14-7-5-12-25(27)21(3)33-18-39/h19-27H,4-15H2,1-3H3. The molecular formula is C30H42N6O6. The number of rotatable bonds is 9. The normalized spacial score (nSPS) is 30.1. The molecule has 0 amide bonds. The van der Waals surface area contributed by atoms with Gasteiger partial charge in [0.2, 0.25) is 18.2 Å². The minimum atomic E-state index is -0.647. The molecule has 9 unspecified atom stereocenters. The first-order valence-electron chi connectivity index (χ1n) is 15.5. The van der Waals surface area contributed by atoms with Gasteiger partial charge in [0.05, 0.1) is 18.1 Å². The summed E-state index contributed by atoms with van der Waals surface area (Å²) in [4.78, 5) is 88.1. The van der Waals surface area contributed by atoms with Crippen molar-refractivity contribution in [2.24, 2.45) is 32.7 Å². The van der Waals surface area contributed by atoms with Gasteiger partial charge in [-0.3, -0.25) is 0 Å². The summed E-state index contributed by atoms with van der Waals surface area (Å²) >= 11 is 0. The zero-order chi connectivity index (χ0) is 30.4. The van der Waals surface area contributed by atoms with Crippen molar-refractivity contribution in [2.45, 2.75) is 134 Å². The molecule has 3 saturated carbocycles. The first-order chi connectivity index (χ1) is 20.2. The van der Waals surface area contributed by atoms with Gasteiger partial charge >= 0.3 is 17.1 Å². The minimum absolute atomic E-state index is 0.0147. The third-order valence-corrected chi connectivity index (χ3v) is 10.2. The molecule has 1 aromatic heterocycles. The van der Waals surface area contributed by atoms with Crippen LogP contribution in [0.2, 0.25) is 0 Å². The number of hydrogen-bond acceptors (Lipinski definition) is 9. The molecule has 1 aromatic rings. The van der Waals surface area contributed by atoms with Crippen molar-refractivity contribution < 1.29 is 14.4 Å². The van der Waals surface area contributed by atoms with E-state index in [4.69, 9.17) is 0 Å². The molecule has 42 heavy (non-hydrogen) atoms. The van der Waals surface area contributed by atoms with E-state index in [1.807, 2.05) is 6.92 Å². The van der Waals surface area contributed by atoms with Crippen LogP contribution in [0, 0.1) is 17.8 Å². The summed E-state index contributed by atoms with van der Waals surface area (Å²) in [5.41, 5.74) is -1.92. The van der Waals surface area contributed by atoms with Gasteiger partial charge in [0.15, 0.2) is 0 Å². The van der Waals surface area contributed by atoms with Gasteiger partial charge < -0.3 is 0 Å². The van der Waals surface area contributed by atoms with Crippen molar-refractivity contribution in [2.75, 3.05) is 0 Å². The second-order valence-corrected chi connectivity index (χ2v) is 12.5. The van der Waals surface area contributed by atoms with E-state index in [-0.39, 0.29) is 23.8 Å². The smallest absolute Gasteiger partial charge is 0.247 e. The summed E-state index contributed by atoms with van der Waals surface area (Å²) in [5.74, 6) is -0.502. The summed E-state index contributed by atoms with van der Waals surface area (Å²) in [7, 11) is 0. The molecule has 0 N–H and O–H groups in total. The summed E-state index contributed by atoms with van der Waals surface area (Å²) in [6, 6.07) is -2.73. The highest BCUT2D eigenvalue weighted by Crippen LogP contribution is 2.39. The van der Waals surface area contributed by atoms with Crippen LogP contribution < -0.4 is 17.1 Å².